The van der Waals surface area contributed by atoms with Crippen molar-refractivity contribution in [2.45, 2.75) is 34.4 Å². The smallest absolute Gasteiger partial charge is 0.100 e. The Balaban J connectivity index is 1.97. The van der Waals surface area contributed by atoms with Gasteiger partial charge in [0.2, 0.25) is 0 Å². The van der Waals surface area contributed by atoms with Crippen LogP contribution in [0.4, 0.5) is 19.4 Å². The molecule has 0 N–H and O–H groups in total. The maximum Gasteiger partial charge on any atom is 0.310 e. The lowest BCUT2D eigenvalue weighted by molar-refractivity contribution is 0.364. The molecule has 0 amide bonds. The van der Waals surface area contributed by atoms with Gasteiger partial charge in [-0.25, -0.2) is 0 Å². The van der Waals surface area contributed by atoms with Gasteiger partial charge in [-0.2, -0.15) is 0 Å². The zero-order valence-electron chi connectivity index (χ0n) is 13.0. The zero-order valence-corrected chi connectivity index (χ0v) is 15.4. The molecular formula is C17H15Cl2F5S. The molecule has 0 radical (unpaired) electrons. The van der Waals surface area contributed by atoms with E-state index in [4.69, 9.17) is 23.2 Å². The van der Waals surface area contributed by atoms with Gasteiger partial charge < -0.3 is 0 Å². The normalized spacial score (nSPS) is 25.1. The van der Waals surface area contributed by atoms with E-state index >= 15 is 0 Å². The van der Waals surface area contributed by atoms with Gasteiger partial charge in [-0.3, -0.25) is 0 Å². The molecule has 2 unspecified atom stereocenters. The zero-order chi connectivity index (χ0) is 18.7. The molecule has 25 heavy (non-hydrogen) atoms. The van der Waals surface area contributed by atoms with E-state index in [9.17, 15) is 19.4 Å². The third-order valence-electron chi connectivity index (χ3n) is 4.46. The fourth-order valence-electron chi connectivity index (χ4n) is 3.06. The molecule has 2 atom stereocenters. The number of hydrogen-bond donors (Lipinski definition) is 0. The summed E-state index contributed by atoms with van der Waals surface area (Å²) in [7, 11) is -9.74. The summed E-state index contributed by atoms with van der Waals surface area (Å²) in [6.45, 7) is 1.99. The van der Waals surface area contributed by atoms with Gasteiger partial charge in [0.25, 0.3) is 0 Å². The summed E-state index contributed by atoms with van der Waals surface area (Å²) < 4.78 is 63.9. The van der Waals surface area contributed by atoms with Crippen LogP contribution in [-0.2, 0) is 6.42 Å². The first kappa shape index (κ1) is 18.8. The largest absolute Gasteiger partial charge is 0.310 e. The Morgan fingerprint density at radius 2 is 1.44 bits per heavy atom. The van der Waals surface area contributed by atoms with Crippen molar-refractivity contribution in [3.8, 4) is 0 Å². The molecule has 0 spiro atoms. The van der Waals surface area contributed by atoms with Crippen molar-refractivity contribution in [2.75, 3.05) is 0 Å². The maximum absolute atomic E-state index is 13.0. The van der Waals surface area contributed by atoms with Crippen molar-refractivity contribution in [1.82, 2.24) is 0 Å². The molecule has 0 aromatic heterocycles. The molecule has 0 bridgehead atoms. The molecule has 2 aromatic carbocycles. The first-order chi connectivity index (χ1) is 11.2. The predicted octanol–water partition coefficient (Wildman–Crippen LogP) is 7.96. The highest BCUT2D eigenvalue weighted by atomic mass is 35.5. The van der Waals surface area contributed by atoms with E-state index in [1.807, 2.05) is 31.2 Å². The minimum Gasteiger partial charge on any atom is -0.100 e. The summed E-state index contributed by atoms with van der Waals surface area (Å²) in [5.41, 5.74) is 1.92. The predicted molar refractivity (Wildman–Crippen MR) is 93.6 cm³/mol. The lowest BCUT2D eigenvalue weighted by Crippen LogP contribution is -2.06. The molecule has 0 saturated heterocycles. The Hall–Kier alpha value is -0.980. The lowest BCUT2D eigenvalue weighted by Gasteiger charge is -2.40. The third-order valence-corrected chi connectivity index (χ3v) is 6.55. The van der Waals surface area contributed by atoms with Crippen LogP contribution < -0.4 is 0 Å². The van der Waals surface area contributed by atoms with Crippen LogP contribution in [0.2, 0.25) is 0 Å². The molecule has 0 nitrogen and oxygen atoms in total. The van der Waals surface area contributed by atoms with Crippen LogP contribution in [0, 0.1) is 0 Å². The van der Waals surface area contributed by atoms with Crippen LogP contribution in [-0.4, -0.2) is 4.33 Å². The summed E-state index contributed by atoms with van der Waals surface area (Å²) in [5, 5.41) is 0. The number of hydrogen-bond acceptors (Lipinski definition) is 0. The summed E-state index contributed by atoms with van der Waals surface area (Å²) in [4.78, 5) is -1.92. The highest BCUT2D eigenvalue weighted by Gasteiger charge is 2.67. The number of halogens is 7. The Bertz CT molecular complexity index is 816. The van der Waals surface area contributed by atoms with Gasteiger partial charge in [0.05, 0.1) is 0 Å². The molecule has 1 aliphatic carbocycles. The fraction of sp³-hybridized carbons (Fsp3) is 0.294. The monoisotopic (exact) mass is 416 g/mol. The van der Waals surface area contributed by atoms with Crippen LogP contribution in [0.25, 0.3) is 0 Å². The number of benzene rings is 2. The van der Waals surface area contributed by atoms with Crippen molar-refractivity contribution in [3.63, 3.8) is 0 Å². The molecule has 138 valence electrons. The Morgan fingerprint density at radius 1 is 0.880 bits per heavy atom. The molecular weight excluding hydrogens is 402 g/mol. The SMILES string of the molecule is CCc1ccc(C2C(c3cccc(S(F)(F)(F)(F)F)c3)C2(Cl)Cl)cc1. The highest BCUT2D eigenvalue weighted by molar-refractivity contribution is 8.45. The minimum atomic E-state index is -9.74. The van der Waals surface area contributed by atoms with Crippen molar-refractivity contribution >= 4 is 33.4 Å². The molecule has 2 aromatic rings. The third kappa shape index (κ3) is 3.62. The van der Waals surface area contributed by atoms with Gasteiger partial charge in [0.1, 0.15) is 9.23 Å². The first-order valence-electron chi connectivity index (χ1n) is 7.55. The second-order valence-electron chi connectivity index (χ2n) is 6.27. The first-order valence-corrected chi connectivity index (χ1v) is 10.3. The van der Waals surface area contributed by atoms with Crippen molar-refractivity contribution in [3.05, 3.63) is 65.2 Å². The van der Waals surface area contributed by atoms with Gasteiger partial charge >= 0.3 is 10.2 Å². The van der Waals surface area contributed by atoms with Gasteiger partial charge in [-0.05, 0) is 35.2 Å². The minimum absolute atomic E-state index is 0.0559. The molecule has 0 heterocycles. The van der Waals surface area contributed by atoms with Crippen molar-refractivity contribution < 1.29 is 19.4 Å². The van der Waals surface area contributed by atoms with E-state index < -0.39 is 31.3 Å². The van der Waals surface area contributed by atoms with Crippen LogP contribution in [0.1, 0.15) is 35.4 Å². The molecule has 1 aliphatic rings. The second kappa shape index (κ2) is 5.05. The number of alkyl halides is 2. The van der Waals surface area contributed by atoms with Gasteiger partial charge in [0.15, 0.2) is 0 Å². The fourth-order valence-corrected chi connectivity index (χ4v) is 4.64. The van der Waals surface area contributed by atoms with Gasteiger partial charge in [-0.1, -0.05) is 62.8 Å². The number of aryl methyl sites for hydroxylation is 1. The maximum atomic E-state index is 13.0. The summed E-state index contributed by atoms with van der Waals surface area (Å²) in [5.74, 6) is -1.13. The second-order valence-corrected chi connectivity index (χ2v) is 10.1. The van der Waals surface area contributed by atoms with Crippen molar-refractivity contribution in [1.29, 1.82) is 0 Å². The topological polar surface area (TPSA) is 0 Å². The molecule has 3 rings (SSSR count). The average Bonchev–Trinajstić information content (AvgIpc) is 3.08. The Morgan fingerprint density at radius 3 is 1.96 bits per heavy atom. The Kier molecular flexibility index (Phi) is 3.80. The standard InChI is InChI=1S/C17H15Cl2F5S/c1-2-11-6-8-12(9-7-11)15-16(17(15,18)19)13-4-3-5-14(10-13)25(20,21,22,23)24/h3-10,15-16H,2H2,1H3. The van der Waals surface area contributed by atoms with E-state index in [2.05, 4.69) is 0 Å². The molecule has 0 aliphatic heterocycles. The lowest BCUT2D eigenvalue weighted by atomic mass is 10.0. The molecule has 8 heteroatoms. The molecule has 1 fully saturated rings. The highest BCUT2D eigenvalue weighted by Crippen LogP contribution is 3.02. The average molecular weight is 417 g/mol. The number of rotatable bonds is 4. The van der Waals surface area contributed by atoms with E-state index in [0.717, 1.165) is 23.6 Å². The molecule has 1 saturated carbocycles. The van der Waals surface area contributed by atoms with Crippen LogP contribution in [0.3, 0.4) is 0 Å². The van der Waals surface area contributed by atoms with Gasteiger partial charge in [0, 0.05) is 11.8 Å². The quantitative estimate of drug-likeness (QED) is 0.350. The van der Waals surface area contributed by atoms with Crippen LogP contribution >= 0.6 is 33.4 Å². The van der Waals surface area contributed by atoms with E-state index in [1.165, 1.54) is 6.07 Å². The summed E-state index contributed by atoms with van der Waals surface area (Å²) in [6, 6.07) is 10.6. The van der Waals surface area contributed by atoms with Gasteiger partial charge in [-0.15, -0.1) is 23.2 Å². The Labute approximate surface area is 152 Å². The van der Waals surface area contributed by atoms with Crippen LogP contribution in [0.15, 0.2) is 53.4 Å². The summed E-state index contributed by atoms with van der Waals surface area (Å²) >= 11 is 12.5. The summed E-state index contributed by atoms with van der Waals surface area (Å²) in [6.07, 6.45) is 0.840. The van der Waals surface area contributed by atoms with E-state index in [1.54, 1.807) is 0 Å². The van der Waals surface area contributed by atoms with Crippen molar-refractivity contribution in [2.24, 2.45) is 0 Å². The van der Waals surface area contributed by atoms with E-state index in [0.29, 0.717) is 12.1 Å². The van der Waals surface area contributed by atoms with Crippen LogP contribution in [0.5, 0.6) is 0 Å². The van der Waals surface area contributed by atoms with E-state index in [-0.39, 0.29) is 5.56 Å².